The molecule has 3 aromatic heterocycles. The van der Waals surface area contributed by atoms with Crippen molar-refractivity contribution in [3.63, 3.8) is 0 Å². The van der Waals surface area contributed by atoms with E-state index in [9.17, 15) is 9.90 Å². The maximum absolute atomic E-state index is 12.3. The summed E-state index contributed by atoms with van der Waals surface area (Å²) in [5.41, 5.74) is 4.31. The van der Waals surface area contributed by atoms with Crippen LogP contribution in [-0.4, -0.2) is 63.7 Å². The molecule has 0 spiro atoms. The molecule has 0 aliphatic carbocycles. The molecular formula is C29H33N7O2. The number of nitrogens with one attached hydrogen (secondary N) is 2. The fraction of sp³-hybridized carbons (Fsp3) is 0.345. The highest BCUT2D eigenvalue weighted by Crippen LogP contribution is 2.31. The molecule has 4 aromatic rings. The zero-order chi connectivity index (χ0) is 26.6. The minimum atomic E-state index is -0.283. The highest BCUT2D eigenvalue weighted by atomic mass is 16.3. The van der Waals surface area contributed by atoms with Gasteiger partial charge in [-0.1, -0.05) is 32.0 Å². The van der Waals surface area contributed by atoms with Crippen LogP contribution < -0.4 is 15.5 Å². The average Bonchev–Trinajstić information content (AvgIpc) is 3.40. The van der Waals surface area contributed by atoms with E-state index in [4.69, 9.17) is 0 Å². The van der Waals surface area contributed by atoms with Crippen molar-refractivity contribution >= 4 is 28.4 Å². The standard InChI is InChI=1S/C29H33N7O2/c1-18(19(2)22-5-4-6-23-24(29(38)30-3)9-11-31-28(22)23)14-32-26-13-25(34-17-35-26)20-7-8-27(33-15-20)36-12-10-21(37)16-36/h4-9,11,13,15,17-19,21,37H,10,12,14,16H2,1-3H3,(H,30,38)(H,32,34,35)/t18-,19?,21-/m1/s1. The number of rotatable bonds is 8. The van der Waals surface area contributed by atoms with Crippen molar-refractivity contribution in [2.24, 2.45) is 5.92 Å². The quantitative estimate of drug-likeness (QED) is 0.327. The lowest BCUT2D eigenvalue weighted by molar-refractivity contribution is 0.0964. The van der Waals surface area contributed by atoms with Gasteiger partial charge in [0, 0.05) is 56.1 Å². The molecule has 38 heavy (non-hydrogen) atoms. The molecule has 1 fully saturated rings. The Labute approximate surface area is 222 Å². The third kappa shape index (κ3) is 5.28. The van der Waals surface area contributed by atoms with Gasteiger partial charge in [-0.05, 0) is 42.0 Å². The maximum Gasteiger partial charge on any atom is 0.251 e. The predicted molar refractivity (Wildman–Crippen MR) is 149 cm³/mol. The number of β-amino-alcohol motifs (C(OH)–C–C–N with tert-alkyl or cyclic N) is 1. The zero-order valence-electron chi connectivity index (χ0n) is 21.9. The van der Waals surface area contributed by atoms with Gasteiger partial charge in [-0.25, -0.2) is 15.0 Å². The predicted octanol–water partition coefficient (Wildman–Crippen LogP) is 3.87. The molecule has 1 aliphatic heterocycles. The summed E-state index contributed by atoms with van der Waals surface area (Å²) in [5.74, 6) is 1.96. The molecule has 9 heteroatoms. The van der Waals surface area contributed by atoms with Gasteiger partial charge in [-0.15, -0.1) is 0 Å². The maximum atomic E-state index is 12.3. The zero-order valence-corrected chi connectivity index (χ0v) is 21.9. The number of anilines is 2. The van der Waals surface area contributed by atoms with Crippen LogP contribution in [0, 0.1) is 5.92 Å². The number of nitrogens with zero attached hydrogens (tertiary/aromatic N) is 5. The van der Waals surface area contributed by atoms with Gasteiger partial charge in [0.2, 0.25) is 0 Å². The minimum Gasteiger partial charge on any atom is -0.391 e. The molecule has 196 valence electrons. The van der Waals surface area contributed by atoms with Crippen molar-refractivity contribution in [2.75, 3.05) is 36.9 Å². The summed E-state index contributed by atoms with van der Waals surface area (Å²) in [6.07, 6.45) is 5.57. The summed E-state index contributed by atoms with van der Waals surface area (Å²) in [6, 6.07) is 13.7. The fourth-order valence-corrected chi connectivity index (χ4v) is 4.93. The van der Waals surface area contributed by atoms with E-state index >= 15 is 0 Å². The van der Waals surface area contributed by atoms with Crippen molar-refractivity contribution in [3.8, 4) is 11.3 Å². The Morgan fingerprint density at radius 1 is 1.13 bits per heavy atom. The molecule has 1 aromatic carbocycles. The van der Waals surface area contributed by atoms with Crippen molar-refractivity contribution < 1.29 is 9.90 Å². The van der Waals surface area contributed by atoms with Gasteiger partial charge in [0.1, 0.15) is 18.0 Å². The van der Waals surface area contributed by atoms with Crippen LogP contribution in [0.25, 0.3) is 22.2 Å². The van der Waals surface area contributed by atoms with Gasteiger partial charge in [0.05, 0.1) is 22.9 Å². The molecule has 0 bridgehead atoms. The molecule has 3 N–H and O–H groups in total. The Kier molecular flexibility index (Phi) is 7.46. The molecule has 1 unspecified atom stereocenters. The number of amides is 1. The second-order valence-electron chi connectivity index (χ2n) is 9.91. The monoisotopic (exact) mass is 511 g/mol. The van der Waals surface area contributed by atoms with E-state index in [1.807, 2.05) is 36.5 Å². The van der Waals surface area contributed by atoms with Crippen molar-refractivity contribution in [3.05, 3.63) is 72.3 Å². The summed E-state index contributed by atoms with van der Waals surface area (Å²) >= 11 is 0. The van der Waals surface area contributed by atoms with Crippen LogP contribution in [0.4, 0.5) is 11.6 Å². The largest absolute Gasteiger partial charge is 0.391 e. The molecule has 3 atom stereocenters. The molecule has 1 aliphatic rings. The van der Waals surface area contributed by atoms with E-state index in [2.05, 4.69) is 55.4 Å². The number of para-hydroxylation sites is 1. The van der Waals surface area contributed by atoms with E-state index in [1.165, 1.54) is 0 Å². The molecular weight excluding hydrogens is 478 g/mol. The van der Waals surface area contributed by atoms with E-state index in [0.717, 1.165) is 52.3 Å². The Morgan fingerprint density at radius 2 is 2.00 bits per heavy atom. The van der Waals surface area contributed by atoms with Gasteiger partial charge in [0.15, 0.2) is 0 Å². The third-order valence-electron chi connectivity index (χ3n) is 7.42. The molecule has 1 amide bonds. The molecule has 1 saturated heterocycles. The topological polar surface area (TPSA) is 116 Å². The van der Waals surface area contributed by atoms with Crippen molar-refractivity contribution in [1.29, 1.82) is 0 Å². The summed E-state index contributed by atoms with van der Waals surface area (Å²) in [5, 5.41) is 16.8. The lowest BCUT2D eigenvalue weighted by Crippen LogP contribution is -2.21. The van der Waals surface area contributed by atoms with Crippen LogP contribution in [0.15, 0.2) is 61.2 Å². The van der Waals surface area contributed by atoms with Crippen LogP contribution in [0.3, 0.4) is 0 Å². The first-order chi connectivity index (χ1) is 18.4. The first-order valence-corrected chi connectivity index (χ1v) is 13.0. The summed E-state index contributed by atoms with van der Waals surface area (Å²) in [7, 11) is 1.64. The smallest absolute Gasteiger partial charge is 0.251 e. The number of carbonyl (C=O) groups excluding carboxylic acids is 1. The average molecular weight is 512 g/mol. The van der Waals surface area contributed by atoms with Gasteiger partial charge in [-0.3, -0.25) is 9.78 Å². The highest BCUT2D eigenvalue weighted by molar-refractivity contribution is 6.06. The van der Waals surface area contributed by atoms with Crippen LogP contribution in [-0.2, 0) is 0 Å². The number of fused-ring (bicyclic) bond motifs is 1. The second kappa shape index (κ2) is 11.1. The summed E-state index contributed by atoms with van der Waals surface area (Å²) < 4.78 is 0. The summed E-state index contributed by atoms with van der Waals surface area (Å²) in [6.45, 7) is 6.52. The fourth-order valence-electron chi connectivity index (χ4n) is 4.93. The Bertz CT molecular complexity index is 1430. The number of aliphatic hydroxyl groups excluding tert-OH is 1. The molecule has 4 heterocycles. The van der Waals surface area contributed by atoms with Gasteiger partial charge >= 0.3 is 0 Å². The molecule has 0 saturated carbocycles. The van der Waals surface area contributed by atoms with E-state index in [-0.39, 0.29) is 23.8 Å². The SMILES string of the molecule is CNC(=O)c1ccnc2c(C(C)[C@H](C)CNc3cc(-c4ccc(N5CC[C@@H](O)C5)nc4)ncn3)cccc12. The third-order valence-corrected chi connectivity index (χ3v) is 7.42. The molecule has 9 nitrogen and oxygen atoms in total. The van der Waals surface area contributed by atoms with E-state index in [1.54, 1.807) is 25.6 Å². The minimum absolute atomic E-state index is 0.115. The lowest BCUT2D eigenvalue weighted by atomic mass is 9.87. The van der Waals surface area contributed by atoms with E-state index < -0.39 is 0 Å². The van der Waals surface area contributed by atoms with Gasteiger partial charge in [-0.2, -0.15) is 0 Å². The van der Waals surface area contributed by atoms with E-state index in [0.29, 0.717) is 18.7 Å². The Balaban J connectivity index is 1.27. The van der Waals surface area contributed by atoms with Crippen LogP contribution in [0.5, 0.6) is 0 Å². The van der Waals surface area contributed by atoms with Crippen molar-refractivity contribution in [1.82, 2.24) is 25.3 Å². The number of hydrogen-bond acceptors (Lipinski definition) is 8. The van der Waals surface area contributed by atoms with Gasteiger partial charge in [0.25, 0.3) is 5.91 Å². The van der Waals surface area contributed by atoms with Crippen LogP contribution >= 0.6 is 0 Å². The first-order valence-electron chi connectivity index (χ1n) is 13.0. The number of pyridine rings is 2. The number of aromatic nitrogens is 4. The Hall–Kier alpha value is -4.11. The molecule has 0 radical (unpaired) electrons. The molecule has 5 rings (SSSR count). The normalized spacial score (nSPS) is 16.8. The summed E-state index contributed by atoms with van der Waals surface area (Å²) in [4.78, 5) is 32.5. The van der Waals surface area contributed by atoms with Crippen molar-refractivity contribution in [2.45, 2.75) is 32.3 Å². The second-order valence-corrected chi connectivity index (χ2v) is 9.91. The Morgan fingerprint density at radius 3 is 2.74 bits per heavy atom. The highest BCUT2D eigenvalue weighted by Gasteiger charge is 2.22. The number of benzene rings is 1. The van der Waals surface area contributed by atoms with Crippen LogP contribution in [0.2, 0.25) is 0 Å². The van der Waals surface area contributed by atoms with Crippen LogP contribution in [0.1, 0.15) is 42.1 Å². The number of aliphatic hydroxyl groups is 1. The number of hydrogen-bond donors (Lipinski definition) is 3. The first kappa shape index (κ1) is 25.5. The van der Waals surface area contributed by atoms with Gasteiger partial charge < -0.3 is 20.6 Å². The number of carbonyl (C=O) groups is 1. The lowest BCUT2D eigenvalue weighted by Gasteiger charge is -2.22.